The van der Waals surface area contributed by atoms with Gasteiger partial charge in [0.15, 0.2) is 0 Å². The highest BCUT2D eigenvalue weighted by molar-refractivity contribution is 7.09. The van der Waals surface area contributed by atoms with Gasteiger partial charge in [0.05, 0.1) is 11.0 Å². The van der Waals surface area contributed by atoms with Crippen LogP contribution in [-0.4, -0.2) is 4.98 Å². The Balaban J connectivity index is 2.22. The molecule has 0 aliphatic carbocycles. The van der Waals surface area contributed by atoms with Gasteiger partial charge in [-0.15, -0.1) is 11.3 Å². The summed E-state index contributed by atoms with van der Waals surface area (Å²) in [5.41, 5.74) is 7.77. The molecular weight excluding hydrogens is 242 g/mol. The van der Waals surface area contributed by atoms with Crippen molar-refractivity contribution < 1.29 is 0 Å². The average Bonchev–Trinajstić information content (AvgIpc) is 2.72. The minimum absolute atomic E-state index is 0.121. The van der Waals surface area contributed by atoms with Gasteiger partial charge in [-0.25, -0.2) is 4.98 Å². The van der Waals surface area contributed by atoms with Crippen molar-refractivity contribution in [2.45, 2.75) is 33.2 Å². The Morgan fingerprint density at radius 2 is 2.11 bits per heavy atom. The van der Waals surface area contributed by atoms with Gasteiger partial charge in [-0.3, -0.25) is 11.3 Å². The third kappa shape index (κ3) is 2.96. The zero-order valence-electron chi connectivity index (χ0n) is 11.0. The minimum Gasteiger partial charge on any atom is -0.271 e. The topological polar surface area (TPSA) is 50.9 Å². The predicted molar refractivity (Wildman–Crippen MR) is 76.5 cm³/mol. The molecule has 0 aliphatic heterocycles. The summed E-state index contributed by atoms with van der Waals surface area (Å²) in [5.74, 6) is 5.69. The van der Waals surface area contributed by atoms with Crippen molar-refractivity contribution >= 4 is 11.3 Å². The first-order chi connectivity index (χ1) is 8.60. The number of nitrogens with one attached hydrogen (secondary N) is 1. The first kappa shape index (κ1) is 13.2. The van der Waals surface area contributed by atoms with Gasteiger partial charge in [0, 0.05) is 17.5 Å². The van der Waals surface area contributed by atoms with Gasteiger partial charge in [-0.2, -0.15) is 0 Å². The standard InChI is InChI=1S/C14H19N3S/c1-9-4-5-12(10(2)6-9)13(17-15)7-14-16-11(3)8-18-14/h4-6,8,13,17H,7,15H2,1-3H3. The number of aromatic nitrogens is 1. The number of hydrazine groups is 1. The Morgan fingerprint density at radius 1 is 1.33 bits per heavy atom. The van der Waals surface area contributed by atoms with Crippen molar-refractivity contribution in [2.24, 2.45) is 5.84 Å². The fraction of sp³-hybridized carbons (Fsp3) is 0.357. The largest absolute Gasteiger partial charge is 0.271 e. The van der Waals surface area contributed by atoms with E-state index in [2.05, 4.69) is 47.8 Å². The van der Waals surface area contributed by atoms with Crippen LogP contribution in [-0.2, 0) is 6.42 Å². The lowest BCUT2D eigenvalue weighted by atomic mass is 9.98. The van der Waals surface area contributed by atoms with E-state index >= 15 is 0 Å². The molecule has 1 aromatic carbocycles. The maximum atomic E-state index is 5.69. The van der Waals surface area contributed by atoms with Crippen LogP contribution in [0.25, 0.3) is 0 Å². The fourth-order valence-corrected chi connectivity index (χ4v) is 2.97. The second kappa shape index (κ2) is 5.61. The second-order valence-electron chi connectivity index (χ2n) is 4.67. The van der Waals surface area contributed by atoms with E-state index in [0.717, 1.165) is 17.1 Å². The highest BCUT2D eigenvalue weighted by atomic mass is 32.1. The van der Waals surface area contributed by atoms with E-state index in [4.69, 9.17) is 5.84 Å². The quantitative estimate of drug-likeness (QED) is 0.657. The molecule has 3 nitrogen and oxygen atoms in total. The van der Waals surface area contributed by atoms with Gasteiger partial charge in [0.2, 0.25) is 0 Å². The molecule has 96 valence electrons. The molecule has 1 aromatic heterocycles. The first-order valence-corrected chi connectivity index (χ1v) is 6.92. The number of hydrogen-bond acceptors (Lipinski definition) is 4. The summed E-state index contributed by atoms with van der Waals surface area (Å²) in [6.45, 7) is 6.24. The van der Waals surface area contributed by atoms with Gasteiger partial charge in [-0.05, 0) is 31.9 Å². The van der Waals surface area contributed by atoms with Crippen LogP contribution in [0.1, 0.15) is 33.4 Å². The highest BCUT2D eigenvalue weighted by Crippen LogP contribution is 2.23. The number of thiazole rings is 1. The van der Waals surface area contributed by atoms with Crippen LogP contribution in [0.5, 0.6) is 0 Å². The van der Waals surface area contributed by atoms with Crippen LogP contribution in [0.2, 0.25) is 0 Å². The molecule has 0 aliphatic rings. The molecule has 1 heterocycles. The molecule has 0 spiro atoms. The number of hydrogen-bond donors (Lipinski definition) is 2. The van der Waals surface area contributed by atoms with Gasteiger partial charge in [0.25, 0.3) is 0 Å². The number of rotatable bonds is 4. The molecule has 1 atom stereocenters. The second-order valence-corrected chi connectivity index (χ2v) is 5.61. The lowest BCUT2D eigenvalue weighted by molar-refractivity contribution is 0.548. The third-order valence-corrected chi connectivity index (χ3v) is 4.04. The predicted octanol–water partition coefficient (Wildman–Crippen LogP) is 2.82. The summed E-state index contributed by atoms with van der Waals surface area (Å²) in [7, 11) is 0. The maximum absolute atomic E-state index is 5.69. The smallest absolute Gasteiger partial charge is 0.0947 e. The zero-order chi connectivity index (χ0) is 13.1. The maximum Gasteiger partial charge on any atom is 0.0947 e. The van der Waals surface area contributed by atoms with Crippen LogP contribution in [0, 0.1) is 20.8 Å². The summed E-state index contributed by atoms with van der Waals surface area (Å²) in [6.07, 6.45) is 0.832. The van der Waals surface area contributed by atoms with Crippen molar-refractivity contribution in [1.29, 1.82) is 0 Å². The van der Waals surface area contributed by atoms with E-state index in [1.807, 2.05) is 6.92 Å². The van der Waals surface area contributed by atoms with Crippen molar-refractivity contribution in [1.82, 2.24) is 10.4 Å². The molecule has 4 heteroatoms. The van der Waals surface area contributed by atoms with Gasteiger partial charge in [-0.1, -0.05) is 23.8 Å². The molecule has 0 saturated carbocycles. The molecule has 0 radical (unpaired) electrons. The number of nitrogens with zero attached hydrogens (tertiary/aromatic N) is 1. The minimum atomic E-state index is 0.121. The molecular formula is C14H19N3S. The Hall–Kier alpha value is -1.23. The molecule has 2 aromatic rings. The Morgan fingerprint density at radius 3 is 2.67 bits per heavy atom. The molecule has 0 amide bonds. The molecule has 3 N–H and O–H groups in total. The molecule has 0 fully saturated rings. The molecule has 0 bridgehead atoms. The SMILES string of the molecule is Cc1ccc(C(Cc2nc(C)cs2)NN)c(C)c1. The number of aryl methyl sites for hydroxylation is 3. The van der Waals surface area contributed by atoms with E-state index in [0.29, 0.717) is 0 Å². The molecule has 18 heavy (non-hydrogen) atoms. The van der Waals surface area contributed by atoms with E-state index in [1.165, 1.54) is 16.7 Å². The van der Waals surface area contributed by atoms with Crippen LogP contribution in [0.15, 0.2) is 23.6 Å². The van der Waals surface area contributed by atoms with Crippen LogP contribution >= 0.6 is 11.3 Å². The summed E-state index contributed by atoms with van der Waals surface area (Å²) in [6, 6.07) is 6.58. The van der Waals surface area contributed by atoms with E-state index in [9.17, 15) is 0 Å². The van der Waals surface area contributed by atoms with Crippen molar-refractivity contribution in [3.05, 3.63) is 51.0 Å². The van der Waals surface area contributed by atoms with Crippen molar-refractivity contribution in [3.63, 3.8) is 0 Å². The lowest BCUT2D eigenvalue weighted by Crippen LogP contribution is -2.30. The van der Waals surface area contributed by atoms with Crippen molar-refractivity contribution in [2.75, 3.05) is 0 Å². The molecule has 2 rings (SSSR count). The summed E-state index contributed by atoms with van der Waals surface area (Å²) >= 11 is 1.69. The average molecular weight is 261 g/mol. The Labute approximate surface area is 112 Å². The Kier molecular flexibility index (Phi) is 4.11. The monoisotopic (exact) mass is 261 g/mol. The van der Waals surface area contributed by atoms with Crippen LogP contribution in [0.4, 0.5) is 0 Å². The fourth-order valence-electron chi connectivity index (χ4n) is 2.15. The molecule has 1 unspecified atom stereocenters. The normalized spacial score (nSPS) is 12.7. The summed E-state index contributed by atoms with van der Waals surface area (Å²) in [5, 5.41) is 3.20. The van der Waals surface area contributed by atoms with Crippen LogP contribution < -0.4 is 11.3 Å². The van der Waals surface area contributed by atoms with Crippen molar-refractivity contribution in [3.8, 4) is 0 Å². The summed E-state index contributed by atoms with van der Waals surface area (Å²) in [4.78, 5) is 4.49. The number of nitrogens with two attached hydrogens (primary N) is 1. The van der Waals surface area contributed by atoms with E-state index in [-0.39, 0.29) is 6.04 Å². The van der Waals surface area contributed by atoms with Crippen LogP contribution in [0.3, 0.4) is 0 Å². The van der Waals surface area contributed by atoms with E-state index < -0.39 is 0 Å². The van der Waals surface area contributed by atoms with Gasteiger partial charge < -0.3 is 0 Å². The Bertz CT molecular complexity index is 534. The summed E-state index contributed by atoms with van der Waals surface area (Å²) < 4.78 is 0. The first-order valence-electron chi connectivity index (χ1n) is 6.04. The van der Waals surface area contributed by atoms with Gasteiger partial charge >= 0.3 is 0 Å². The number of benzene rings is 1. The van der Waals surface area contributed by atoms with E-state index in [1.54, 1.807) is 11.3 Å². The highest BCUT2D eigenvalue weighted by Gasteiger charge is 2.14. The van der Waals surface area contributed by atoms with Gasteiger partial charge in [0.1, 0.15) is 0 Å². The zero-order valence-corrected chi connectivity index (χ0v) is 11.8. The lowest BCUT2D eigenvalue weighted by Gasteiger charge is -2.17. The third-order valence-electron chi connectivity index (χ3n) is 3.05. The molecule has 0 saturated heterocycles.